The Kier molecular flexibility index (Phi) is 4.49. The van der Waals surface area contributed by atoms with Gasteiger partial charge in [0, 0.05) is 35.8 Å². The Balaban J connectivity index is 2.22. The first-order valence-corrected chi connectivity index (χ1v) is 7.13. The van der Waals surface area contributed by atoms with E-state index in [9.17, 15) is 20.0 Å². The van der Waals surface area contributed by atoms with Gasteiger partial charge in [0.1, 0.15) is 0 Å². The molecule has 1 atom stereocenters. The molecule has 1 aliphatic rings. The molecule has 21 heavy (non-hydrogen) atoms. The highest BCUT2D eigenvalue weighted by atomic mass is 35.5. The molecule has 1 heterocycles. The van der Waals surface area contributed by atoms with Crippen LogP contribution in [0.1, 0.15) is 36.5 Å². The van der Waals surface area contributed by atoms with Crippen molar-refractivity contribution in [2.24, 2.45) is 0 Å². The number of benzene rings is 1. The fraction of sp³-hybridized carbons (Fsp3) is 0.500. The zero-order valence-corrected chi connectivity index (χ0v) is 12.5. The second kappa shape index (κ2) is 5.99. The Morgan fingerprint density at radius 1 is 1.38 bits per heavy atom. The summed E-state index contributed by atoms with van der Waals surface area (Å²) in [6, 6.07) is 3.88. The molecule has 2 rings (SSSR count). The molecule has 1 fully saturated rings. The SMILES string of the molecule is CC1(O)CCCN(C(=O)c2cc(Cl)cc([N+](=O)[O-])c2)CC1. The molecule has 1 aromatic carbocycles. The molecule has 1 aliphatic heterocycles. The summed E-state index contributed by atoms with van der Waals surface area (Å²) in [6.07, 6.45) is 1.81. The van der Waals surface area contributed by atoms with E-state index < -0.39 is 10.5 Å². The zero-order chi connectivity index (χ0) is 15.6. The lowest BCUT2D eigenvalue weighted by Gasteiger charge is -2.22. The fourth-order valence-electron chi connectivity index (χ4n) is 2.45. The van der Waals surface area contributed by atoms with Crippen molar-refractivity contribution < 1.29 is 14.8 Å². The third-order valence-electron chi connectivity index (χ3n) is 3.69. The molecule has 0 bridgehead atoms. The average Bonchev–Trinajstić information content (AvgIpc) is 2.58. The van der Waals surface area contributed by atoms with Crippen molar-refractivity contribution in [1.82, 2.24) is 4.90 Å². The molecule has 0 saturated carbocycles. The zero-order valence-electron chi connectivity index (χ0n) is 11.7. The van der Waals surface area contributed by atoms with Crippen LogP contribution in [0, 0.1) is 10.1 Å². The predicted octanol–water partition coefficient (Wildman–Crippen LogP) is 2.63. The van der Waals surface area contributed by atoms with E-state index in [-0.39, 0.29) is 22.2 Å². The molecule has 114 valence electrons. The van der Waals surface area contributed by atoms with E-state index in [0.29, 0.717) is 32.4 Å². The summed E-state index contributed by atoms with van der Waals surface area (Å²) in [6.45, 7) is 2.70. The highest BCUT2D eigenvalue weighted by molar-refractivity contribution is 6.31. The van der Waals surface area contributed by atoms with E-state index in [0.717, 1.165) is 0 Å². The van der Waals surface area contributed by atoms with Crippen LogP contribution in [0.25, 0.3) is 0 Å². The number of hydrogen-bond acceptors (Lipinski definition) is 4. The van der Waals surface area contributed by atoms with Gasteiger partial charge in [-0.05, 0) is 32.3 Å². The van der Waals surface area contributed by atoms with Crippen LogP contribution in [0.15, 0.2) is 18.2 Å². The predicted molar refractivity (Wildman–Crippen MR) is 78.5 cm³/mol. The maximum atomic E-state index is 12.5. The van der Waals surface area contributed by atoms with Gasteiger partial charge >= 0.3 is 0 Å². The highest BCUT2D eigenvalue weighted by Crippen LogP contribution is 2.25. The maximum Gasteiger partial charge on any atom is 0.271 e. The monoisotopic (exact) mass is 312 g/mol. The number of nitrogens with zero attached hydrogens (tertiary/aromatic N) is 2. The summed E-state index contributed by atoms with van der Waals surface area (Å²) in [5.74, 6) is -0.293. The number of amides is 1. The van der Waals surface area contributed by atoms with E-state index in [1.54, 1.807) is 11.8 Å². The fourth-order valence-corrected chi connectivity index (χ4v) is 2.68. The van der Waals surface area contributed by atoms with Crippen molar-refractivity contribution in [3.8, 4) is 0 Å². The van der Waals surface area contributed by atoms with Gasteiger partial charge in [-0.1, -0.05) is 11.6 Å². The Morgan fingerprint density at radius 2 is 2.10 bits per heavy atom. The van der Waals surface area contributed by atoms with Crippen molar-refractivity contribution in [1.29, 1.82) is 0 Å². The lowest BCUT2D eigenvalue weighted by atomic mass is 9.98. The summed E-state index contributed by atoms with van der Waals surface area (Å²) < 4.78 is 0. The second-order valence-electron chi connectivity index (χ2n) is 5.60. The lowest BCUT2D eigenvalue weighted by molar-refractivity contribution is -0.384. The maximum absolute atomic E-state index is 12.5. The normalized spacial score (nSPS) is 22.7. The van der Waals surface area contributed by atoms with Crippen LogP contribution in [0.2, 0.25) is 5.02 Å². The molecule has 0 spiro atoms. The summed E-state index contributed by atoms with van der Waals surface area (Å²) in [4.78, 5) is 24.3. The number of likely N-dealkylation sites (tertiary alicyclic amines) is 1. The first kappa shape index (κ1) is 15.7. The summed E-state index contributed by atoms with van der Waals surface area (Å²) in [7, 11) is 0. The number of nitro groups is 1. The van der Waals surface area contributed by atoms with Crippen LogP contribution in [0.3, 0.4) is 0 Å². The van der Waals surface area contributed by atoms with Crippen LogP contribution in [0.5, 0.6) is 0 Å². The first-order valence-electron chi connectivity index (χ1n) is 6.75. The minimum absolute atomic E-state index is 0.161. The standard InChI is InChI=1S/C14H17ClN2O4/c1-14(19)3-2-5-16(6-4-14)13(18)10-7-11(15)9-12(8-10)17(20)21/h7-9,19H,2-6H2,1H3. The molecule has 1 aromatic rings. The molecule has 7 heteroatoms. The van der Waals surface area contributed by atoms with Crippen LogP contribution in [-0.4, -0.2) is 39.5 Å². The van der Waals surface area contributed by atoms with Crippen LogP contribution in [0.4, 0.5) is 5.69 Å². The van der Waals surface area contributed by atoms with E-state index in [1.165, 1.54) is 18.2 Å². The number of aliphatic hydroxyl groups is 1. The van der Waals surface area contributed by atoms with Gasteiger partial charge in [0.15, 0.2) is 0 Å². The number of non-ortho nitro benzene ring substituents is 1. The minimum atomic E-state index is -0.768. The molecular weight excluding hydrogens is 296 g/mol. The smallest absolute Gasteiger partial charge is 0.271 e. The van der Waals surface area contributed by atoms with Crippen molar-refractivity contribution in [2.75, 3.05) is 13.1 Å². The van der Waals surface area contributed by atoms with Gasteiger partial charge in [0.05, 0.1) is 10.5 Å². The van der Waals surface area contributed by atoms with Crippen molar-refractivity contribution in [2.45, 2.75) is 31.8 Å². The van der Waals surface area contributed by atoms with Crippen LogP contribution < -0.4 is 0 Å². The van der Waals surface area contributed by atoms with E-state index in [4.69, 9.17) is 11.6 Å². The number of rotatable bonds is 2. The molecule has 0 radical (unpaired) electrons. The Labute approximate surface area is 127 Å². The van der Waals surface area contributed by atoms with Crippen molar-refractivity contribution in [3.05, 3.63) is 38.9 Å². The van der Waals surface area contributed by atoms with Crippen molar-refractivity contribution >= 4 is 23.2 Å². The number of carbonyl (C=O) groups is 1. The van der Waals surface area contributed by atoms with E-state index >= 15 is 0 Å². The van der Waals surface area contributed by atoms with Crippen LogP contribution >= 0.6 is 11.6 Å². The van der Waals surface area contributed by atoms with Crippen LogP contribution in [-0.2, 0) is 0 Å². The quantitative estimate of drug-likeness (QED) is 0.672. The van der Waals surface area contributed by atoms with Gasteiger partial charge in [-0.25, -0.2) is 0 Å². The number of nitro benzene ring substituents is 1. The largest absolute Gasteiger partial charge is 0.390 e. The van der Waals surface area contributed by atoms with Gasteiger partial charge < -0.3 is 10.0 Å². The summed E-state index contributed by atoms with van der Waals surface area (Å²) >= 11 is 5.84. The molecule has 0 aliphatic carbocycles. The average molecular weight is 313 g/mol. The number of halogens is 1. The van der Waals surface area contributed by atoms with Gasteiger partial charge in [-0.2, -0.15) is 0 Å². The van der Waals surface area contributed by atoms with Crippen molar-refractivity contribution in [3.63, 3.8) is 0 Å². The molecule has 6 nitrogen and oxygen atoms in total. The summed E-state index contributed by atoms with van der Waals surface area (Å²) in [5.41, 5.74) is -0.765. The molecule has 1 saturated heterocycles. The molecule has 1 amide bonds. The number of carbonyl (C=O) groups excluding carboxylic acids is 1. The van der Waals surface area contributed by atoms with Gasteiger partial charge in [0.25, 0.3) is 11.6 Å². The van der Waals surface area contributed by atoms with E-state index in [2.05, 4.69) is 0 Å². The van der Waals surface area contributed by atoms with Gasteiger partial charge in [-0.15, -0.1) is 0 Å². The molecule has 1 N–H and O–H groups in total. The lowest BCUT2D eigenvalue weighted by Crippen LogP contribution is -2.33. The summed E-state index contributed by atoms with van der Waals surface area (Å²) in [5, 5.41) is 21.0. The Hall–Kier alpha value is -1.66. The molecular formula is C14H17ClN2O4. The van der Waals surface area contributed by atoms with Gasteiger partial charge in [-0.3, -0.25) is 14.9 Å². The number of hydrogen-bond donors (Lipinski definition) is 1. The van der Waals surface area contributed by atoms with E-state index in [1.807, 2.05) is 0 Å². The first-order chi connectivity index (χ1) is 9.78. The third kappa shape index (κ3) is 3.92. The third-order valence-corrected chi connectivity index (χ3v) is 3.91. The molecule has 1 unspecified atom stereocenters. The minimum Gasteiger partial charge on any atom is -0.390 e. The second-order valence-corrected chi connectivity index (χ2v) is 6.03. The Morgan fingerprint density at radius 3 is 2.76 bits per heavy atom. The molecule has 0 aromatic heterocycles. The van der Waals surface area contributed by atoms with Gasteiger partial charge in [0.2, 0.25) is 0 Å². The highest BCUT2D eigenvalue weighted by Gasteiger charge is 2.28. The topological polar surface area (TPSA) is 83.7 Å². The Bertz CT molecular complexity index is 574.